The van der Waals surface area contributed by atoms with Gasteiger partial charge in [0.15, 0.2) is 0 Å². The molecule has 0 fully saturated rings. The van der Waals surface area contributed by atoms with Gasteiger partial charge in [-0.05, 0) is 12.0 Å². The van der Waals surface area contributed by atoms with Crippen molar-refractivity contribution in [2.24, 2.45) is 5.73 Å². The Bertz CT molecular complexity index is 431. The van der Waals surface area contributed by atoms with Crippen molar-refractivity contribution >= 4 is 11.3 Å². The topological polar surface area (TPSA) is 38.9 Å². The van der Waals surface area contributed by atoms with Gasteiger partial charge in [0, 0.05) is 17.5 Å². The van der Waals surface area contributed by atoms with Gasteiger partial charge in [-0.3, -0.25) is 0 Å². The van der Waals surface area contributed by atoms with Gasteiger partial charge in [0.2, 0.25) is 0 Å². The summed E-state index contributed by atoms with van der Waals surface area (Å²) in [4.78, 5) is 4.45. The van der Waals surface area contributed by atoms with Crippen molar-refractivity contribution < 1.29 is 0 Å². The van der Waals surface area contributed by atoms with E-state index < -0.39 is 0 Å². The van der Waals surface area contributed by atoms with Crippen molar-refractivity contribution in [3.05, 3.63) is 40.2 Å². The summed E-state index contributed by atoms with van der Waals surface area (Å²) in [5.74, 6) is 0. The second kappa shape index (κ2) is 4.55. The Hall–Kier alpha value is -1.19. The van der Waals surface area contributed by atoms with E-state index >= 15 is 0 Å². The Kier molecular flexibility index (Phi) is 3.14. The molecule has 0 bridgehead atoms. The number of nitrogens with zero attached hydrogens (tertiary/aromatic N) is 1. The Morgan fingerprint density at radius 2 is 2.00 bits per heavy atom. The van der Waals surface area contributed by atoms with Crippen LogP contribution in [0.5, 0.6) is 0 Å². The molecule has 0 unspecified atom stereocenters. The zero-order valence-electron chi connectivity index (χ0n) is 8.73. The van der Waals surface area contributed by atoms with Crippen molar-refractivity contribution in [1.82, 2.24) is 4.98 Å². The zero-order chi connectivity index (χ0) is 10.7. The molecule has 0 aliphatic rings. The van der Waals surface area contributed by atoms with Gasteiger partial charge in [-0.2, -0.15) is 0 Å². The maximum atomic E-state index is 5.53. The molecule has 0 spiro atoms. The molecule has 15 heavy (non-hydrogen) atoms. The van der Waals surface area contributed by atoms with Gasteiger partial charge in [0.25, 0.3) is 0 Å². The van der Waals surface area contributed by atoms with E-state index in [9.17, 15) is 0 Å². The van der Waals surface area contributed by atoms with Crippen LogP contribution in [0, 0.1) is 0 Å². The molecule has 2 aromatic rings. The minimum Gasteiger partial charge on any atom is -0.325 e. The third-order valence-electron chi connectivity index (χ3n) is 2.38. The van der Waals surface area contributed by atoms with Crippen molar-refractivity contribution in [1.29, 1.82) is 0 Å². The lowest BCUT2D eigenvalue weighted by atomic mass is 10.1. The van der Waals surface area contributed by atoms with E-state index in [0.717, 1.165) is 17.1 Å². The number of rotatable bonds is 3. The number of nitrogens with two attached hydrogens (primary N) is 1. The second-order valence-corrected chi connectivity index (χ2v) is 4.32. The molecule has 0 atom stereocenters. The summed E-state index contributed by atoms with van der Waals surface area (Å²) in [7, 11) is 0. The van der Waals surface area contributed by atoms with E-state index in [0.29, 0.717) is 6.54 Å². The first-order valence-electron chi connectivity index (χ1n) is 5.07. The molecule has 0 saturated heterocycles. The maximum absolute atomic E-state index is 5.53. The van der Waals surface area contributed by atoms with Gasteiger partial charge in [-0.25, -0.2) is 4.98 Å². The molecule has 3 heteroatoms. The lowest BCUT2D eigenvalue weighted by Gasteiger charge is -1.98. The van der Waals surface area contributed by atoms with Crippen LogP contribution in [0.1, 0.15) is 17.5 Å². The first kappa shape index (κ1) is 10.3. The molecule has 0 saturated carbocycles. The minimum atomic E-state index is 0.526. The number of aryl methyl sites for hydroxylation is 1. The van der Waals surface area contributed by atoms with Crippen LogP contribution in [0.25, 0.3) is 11.3 Å². The summed E-state index contributed by atoms with van der Waals surface area (Å²) < 4.78 is 0. The predicted octanol–water partition coefficient (Wildman–Crippen LogP) is 2.83. The van der Waals surface area contributed by atoms with E-state index in [1.165, 1.54) is 11.1 Å². The molecule has 2 N–H and O–H groups in total. The molecular formula is C12H14N2S. The van der Waals surface area contributed by atoms with Crippen LogP contribution in [-0.4, -0.2) is 4.98 Å². The second-order valence-electron chi connectivity index (χ2n) is 3.38. The van der Waals surface area contributed by atoms with E-state index in [1.54, 1.807) is 11.3 Å². The fourth-order valence-electron chi connectivity index (χ4n) is 1.45. The third-order valence-corrected chi connectivity index (χ3v) is 3.26. The molecule has 78 valence electrons. The Labute approximate surface area is 93.8 Å². The molecule has 1 heterocycles. The lowest BCUT2D eigenvalue weighted by molar-refractivity contribution is 1.04. The number of hydrogen-bond acceptors (Lipinski definition) is 3. The van der Waals surface area contributed by atoms with Crippen LogP contribution < -0.4 is 5.73 Å². The fraction of sp³-hybridized carbons (Fsp3) is 0.250. The van der Waals surface area contributed by atoms with Gasteiger partial charge >= 0.3 is 0 Å². The van der Waals surface area contributed by atoms with Crippen molar-refractivity contribution in [3.63, 3.8) is 0 Å². The highest BCUT2D eigenvalue weighted by atomic mass is 32.1. The van der Waals surface area contributed by atoms with Crippen LogP contribution >= 0.6 is 11.3 Å². The van der Waals surface area contributed by atoms with Gasteiger partial charge in [0.05, 0.1) is 5.69 Å². The van der Waals surface area contributed by atoms with Crippen LogP contribution in [0.15, 0.2) is 29.6 Å². The lowest BCUT2D eigenvalue weighted by Crippen LogP contribution is -1.94. The summed E-state index contributed by atoms with van der Waals surface area (Å²) in [5, 5.41) is 3.05. The summed E-state index contributed by atoms with van der Waals surface area (Å²) in [5.41, 5.74) is 9.09. The van der Waals surface area contributed by atoms with Gasteiger partial charge in [0.1, 0.15) is 5.01 Å². The zero-order valence-corrected chi connectivity index (χ0v) is 9.55. The van der Waals surface area contributed by atoms with Crippen molar-refractivity contribution in [3.8, 4) is 11.3 Å². The first-order chi connectivity index (χ1) is 7.33. The first-order valence-corrected chi connectivity index (χ1v) is 5.95. The Balaban J connectivity index is 2.28. The highest BCUT2D eigenvalue weighted by molar-refractivity contribution is 7.09. The molecule has 2 rings (SSSR count). The Morgan fingerprint density at radius 3 is 2.53 bits per heavy atom. The number of thiazole rings is 1. The molecule has 0 radical (unpaired) electrons. The van der Waals surface area contributed by atoms with Gasteiger partial charge < -0.3 is 5.73 Å². The normalized spacial score (nSPS) is 10.5. The van der Waals surface area contributed by atoms with E-state index in [-0.39, 0.29) is 0 Å². The predicted molar refractivity (Wildman–Crippen MR) is 64.8 cm³/mol. The summed E-state index contributed by atoms with van der Waals surface area (Å²) >= 11 is 1.62. The smallest absolute Gasteiger partial charge is 0.107 e. The summed E-state index contributed by atoms with van der Waals surface area (Å²) in [6, 6.07) is 8.54. The van der Waals surface area contributed by atoms with Crippen molar-refractivity contribution in [2.75, 3.05) is 0 Å². The average molecular weight is 218 g/mol. The van der Waals surface area contributed by atoms with E-state index in [2.05, 4.69) is 41.6 Å². The fourth-order valence-corrected chi connectivity index (χ4v) is 2.13. The highest BCUT2D eigenvalue weighted by Gasteiger charge is 2.02. The van der Waals surface area contributed by atoms with Crippen LogP contribution in [0.2, 0.25) is 0 Å². The number of benzene rings is 1. The van der Waals surface area contributed by atoms with Crippen LogP contribution in [0.3, 0.4) is 0 Å². The third kappa shape index (κ3) is 2.25. The molecule has 2 nitrogen and oxygen atoms in total. The van der Waals surface area contributed by atoms with E-state index in [1.807, 2.05) is 0 Å². The molecule has 0 aliphatic carbocycles. The molecular weight excluding hydrogens is 204 g/mol. The van der Waals surface area contributed by atoms with Crippen molar-refractivity contribution in [2.45, 2.75) is 19.9 Å². The highest BCUT2D eigenvalue weighted by Crippen LogP contribution is 2.22. The van der Waals surface area contributed by atoms with E-state index in [4.69, 9.17) is 5.73 Å². The SMILES string of the molecule is CCc1ccc(-c2csc(CN)n2)cc1. The summed E-state index contributed by atoms with van der Waals surface area (Å²) in [6.07, 6.45) is 1.07. The number of hydrogen-bond donors (Lipinski definition) is 1. The molecule has 1 aromatic carbocycles. The van der Waals surface area contributed by atoms with Gasteiger partial charge in [-0.1, -0.05) is 31.2 Å². The van der Waals surface area contributed by atoms with Crippen LogP contribution in [0.4, 0.5) is 0 Å². The molecule has 1 aromatic heterocycles. The van der Waals surface area contributed by atoms with Crippen LogP contribution in [-0.2, 0) is 13.0 Å². The number of aromatic nitrogens is 1. The monoisotopic (exact) mass is 218 g/mol. The van der Waals surface area contributed by atoms with Gasteiger partial charge in [-0.15, -0.1) is 11.3 Å². The quantitative estimate of drug-likeness (QED) is 0.860. The molecule has 0 amide bonds. The maximum Gasteiger partial charge on any atom is 0.107 e. The largest absolute Gasteiger partial charge is 0.325 e. The standard InChI is InChI=1S/C12H14N2S/c1-2-9-3-5-10(6-4-9)11-8-15-12(7-13)14-11/h3-6,8H,2,7,13H2,1H3. The average Bonchev–Trinajstić information content (AvgIpc) is 2.78. The minimum absolute atomic E-state index is 0.526. The Morgan fingerprint density at radius 1 is 1.27 bits per heavy atom. The summed E-state index contributed by atoms with van der Waals surface area (Å²) in [6.45, 7) is 2.68. The molecule has 0 aliphatic heterocycles.